The minimum atomic E-state index is -1.14. The monoisotopic (exact) mass is 468 g/mol. The molecule has 176 valence electrons. The van der Waals surface area contributed by atoms with Crippen molar-refractivity contribution in [1.82, 2.24) is 4.40 Å². The predicted octanol–water partition coefficient (Wildman–Crippen LogP) is 4.21. The second kappa shape index (κ2) is 9.10. The number of hydrogen-bond donors (Lipinski definition) is 2. The van der Waals surface area contributed by atoms with E-state index in [1.165, 1.54) is 0 Å². The molecule has 1 aliphatic carbocycles. The molecule has 0 unspecified atom stereocenters. The number of carbonyl (C=O) groups excluding carboxylic acids is 2. The molecule has 2 aromatic carbocycles. The number of nitrogens with two attached hydrogens (primary N) is 1. The zero-order chi connectivity index (χ0) is 24.5. The van der Waals surface area contributed by atoms with E-state index in [4.69, 9.17) is 15.6 Å². The Kier molecular flexibility index (Phi) is 5.82. The first-order chi connectivity index (χ1) is 17.0. The number of primary amides is 1. The topological polar surface area (TPSA) is 111 Å². The van der Waals surface area contributed by atoms with Gasteiger partial charge < -0.3 is 20.0 Å². The standard InChI is InChI=1S/C28H24N2O5/c29-28(34)27(33)25-24(18-12-13-18)21(30-14-6-11-22(26(25)30)35-16-23(31)32)15-19-9-4-5-10-20(19)17-7-2-1-3-8-17/h1-11,14,18H,12-13,15-16H2,(H2,29,34)(H,31,32). The number of ether oxygens (including phenoxy) is 1. The van der Waals surface area contributed by atoms with Crippen LogP contribution in [0, 0.1) is 0 Å². The Hall–Kier alpha value is -4.39. The van der Waals surface area contributed by atoms with Gasteiger partial charge in [0, 0.05) is 18.3 Å². The quantitative estimate of drug-likeness (QED) is 0.282. The van der Waals surface area contributed by atoms with Gasteiger partial charge in [0.25, 0.3) is 11.7 Å². The Morgan fingerprint density at radius 3 is 2.37 bits per heavy atom. The molecule has 0 atom stereocenters. The highest BCUT2D eigenvalue weighted by atomic mass is 16.5. The number of aliphatic carboxylic acids is 1. The van der Waals surface area contributed by atoms with E-state index in [-0.39, 0.29) is 17.2 Å². The molecule has 0 saturated heterocycles. The number of carboxylic acid groups (broad SMARTS) is 1. The molecule has 2 aromatic heterocycles. The van der Waals surface area contributed by atoms with Crippen LogP contribution < -0.4 is 10.5 Å². The molecule has 35 heavy (non-hydrogen) atoms. The number of carbonyl (C=O) groups is 3. The number of hydrogen-bond acceptors (Lipinski definition) is 4. The van der Waals surface area contributed by atoms with Gasteiger partial charge >= 0.3 is 5.97 Å². The van der Waals surface area contributed by atoms with Crippen molar-refractivity contribution in [2.24, 2.45) is 5.73 Å². The van der Waals surface area contributed by atoms with Gasteiger partial charge in [0.2, 0.25) is 0 Å². The lowest BCUT2D eigenvalue weighted by Crippen LogP contribution is -2.24. The number of amides is 1. The largest absolute Gasteiger partial charge is 0.480 e. The van der Waals surface area contributed by atoms with Crippen LogP contribution in [-0.4, -0.2) is 33.8 Å². The van der Waals surface area contributed by atoms with Crippen LogP contribution in [-0.2, 0) is 16.0 Å². The second-order valence-electron chi connectivity index (χ2n) is 8.68. The summed E-state index contributed by atoms with van der Waals surface area (Å²) in [6.07, 6.45) is 4.11. The lowest BCUT2D eigenvalue weighted by atomic mass is 9.93. The van der Waals surface area contributed by atoms with Crippen LogP contribution in [0.15, 0.2) is 72.9 Å². The normalized spacial score (nSPS) is 13.0. The molecule has 3 N–H and O–H groups in total. The lowest BCUT2D eigenvalue weighted by Gasteiger charge is -2.12. The number of nitrogens with zero attached hydrogens (tertiary/aromatic N) is 1. The molecule has 0 spiro atoms. The Balaban J connectivity index is 1.73. The zero-order valence-electron chi connectivity index (χ0n) is 18.9. The van der Waals surface area contributed by atoms with Crippen molar-refractivity contribution in [2.45, 2.75) is 25.2 Å². The minimum absolute atomic E-state index is 0.124. The first kappa shape index (κ1) is 22.4. The molecule has 7 heteroatoms. The van der Waals surface area contributed by atoms with Crippen LogP contribution >= 0.6 is 0 Å². The van der Waals surface area contributed by atoms with E-state index < -0.39 is 24.3 Å². The number of aromatic nitrogens is 1. The summed E-state index contributed by atoms with van der Waals surface area (Å²) >= 11 is 0. The van der Waals surface area contributed by atoms with Crippen molar-refractivity contribution < 1.29 is 24.2 Å². The van der Waals surface area contributed by atoms with Crippen LogP contribution in [0.2, 0.25) is 0 Å². The second-order valence-corrected chi connectivity index (χ2v) is 8.68. The number of pyridine rings is 1. The van der Waals surface area contributed by atoms with E-state index in [2.05, 4.69) is 24.3 Å². The van der Waals surface area contributed by atoms with Gasteiger partial charge in [-0.2, -0.15) is 0 Å². The molecule has 1 fully saturated rings. The highest BCUT2D eigenvalue weighted by molar-refractivity contribution is 6.44. The molecule has 7 nitrogen and oxygen atoms in total. The molecule has 4 aromatic rings. The number of carboxylic acids is 1. The van der Waals surface area contributed by atoms with Crippen molar-refractivity contribution in [3.8, 4) is 16.9 Å². The van der Waals surface area contributed by atoms with E-state index in [1.807, 2.05) is 40.9 Å². The maximum Gasteiger partial charge on any atom is 0.341 e. The highest BCUT2D eigenvalue weighted by Gasteiger charge is 2.37. The number of fused-ring (bicyclic) bond motifs is 1. The first-order valence-corrected chi connectivity index (χ1v) is 11.4. The fourth-order valence-corrected chi connectivity index (χ4v) is 4.71. The summed E-state index contributed by atoms with van der Waals surface area (Å²) in [5.41, 5.74) is 10.9. The van der Waals surface area contributed by atoms with Gasteiger partial charge in [0.1, 0.15) is 5.75 Å². The molecule has 0 radical (unpaired) electrons. The summed E-state index contributed by atoms with van der Waals surface area (Å²) in [4.78, 5) is 36.3. The molecule has 5 rings (SSSR count). The minimum Gasteiger partial charge on any atom is -0.480 e. The van der Waals surface area contributed by atoms with Gasteiger partial charge in [-0.25, -0.2) is 4.79 Å². The van der Waals surface area contributed by atoms with Crippen molar-refractivity contribution in [2.75, 3.05) is 6.61 Å². The molecule has 1 amide bonds. The summed E-state index contributed by atoms with van der Waals surface area (Å²) in [5, 5.41) is 9.13. The number of Topliss-reactive ketones (excluding diaryl/α,β-unsaturated/α-hetero) is 1. The van der Waals surface area contributed by atoms with Gasteiger partial charge in [-0.15, -0.1) is 0 Å². The molecule has 0 bridgehead atoms. The highest BCUT2D eigenvalue weighted by Crippen LogP contribution is 2.47. The van der Waals surface area contributed by atoms with E-state index >= 15 is 0 Å². The summed E-state index contributed by atoms with van der Waals surface area (Å²) in [6.45, 7) is -0.569. The van der Waals surface area contributed by atoms with Crippen LogP contribution in [0.25, 0.3) is 16.6 Å². The number of rotatable bonds is 9. The average Bonchev–Trinajstić information content (AvgIpc) is 3.65. The Morgan fingerprint density at radius 2 is 1.69 bits per heavy atom. The lowest BCUT2D eigenvalue weighted by molar-refractivity contribution is -0.139. The van der Waals surface area contributed by atoms with Crippen LogP contribution in [0.3, 0.4) is 0 Å². The van der Waals surface area contributed by atoms with Crippen molar-refractivity contribution in [3.05, 3.63) is 95.3 Å². The Labute approximate surface area is 201 Å². The molecule has 2 heterocycles. The van der Waals surface area contributed by atoms with Gasteiger partial charge in [0.15, 0.2) is 6.61 Å². The van der Waals surface area contributed by atoms with Crippen molar-refractivity contribution >= 4 is 23.2 Å². The molecular weight excluding hydrogens is 444 g/mol. The van der Waals surface area contributed by atoms with Crippen molar-refractivity contribution in [1.29, 1.82) is 0 Å². The van der Waals surface area contributed by atoms with Crippen LogP contribution in [0.1, 0.15) is 45.9 Å². The summed E-state index contributed by atoms with van der Waals surface area (Å²) in [7, 11) is 0. The first-order valence-electron chi connectivity index (χ1n) is 11.4. The smallest absolute Gasteiger partial charge is 0.341 e. The van der Waals surface area contributed by atoms with Crippen molar-refractivity contribution in [3.63, 3.8) is 0 Å². The average molecular weight is 469 g/mol. The maximum atomic E-state index is 13.1. The Morgan fingerprint density at radius 1 is 0.971 bits per heavy atom. The summed E-state index contributed by atoms with van der Waals surface area (Å²) < 4.78 is 7.39. The van der Waals surface area contributed by atoms with Gasteiger partial charge in [-0.05, 0) is 53.1 Å². The third-order valence-corrected chi connectivity index (χ3v) is 6.31. The molecule has 1 aliphatic rings. The fraction of sp³-hybridized carbons (Fsp3) is 0.179. The Bertz CT molecular complexity index is 1450. The number of ketones is 1. The van der Waals surface area contributed by atoms with Gasteiger partial charge in [-0.1, -0.05) is 54.6 Å². The van der Waals surface area contributed by atoms with Gasteiger partial charge in [0.05, 0.1) is 11.1 Å². The van der Waals surface area contributed by atoms with Crippen LogP contribution in [0.5, 0.6) is 5.75 Å². The molecule has 0 aliphatic heterocycles. The van der Waals surface area contributed by atoms with Crippen LogP contribution in [0.4, 0.5) is 0 Å². The molecule has 1 saturated carbocycles. The summed E-state index contributed by atoms with van der Waals surface area (Å²) in [5.74, 6) is -2.63. The van der Waals surface area contributed by atoms with E-state index in [0.29, 0.717) is 11.9 Å². The number of benzene rings is 2. The molecular formula is C28H24N2O5. The fourth-order valence-electron chi connectivity index (χ4n) is 4.71. The third kappa shape index (κ3) is 4.28. The van der Waals surface area contributed by atoms with E-state index in [1.54, 1.807) is 12.1 Å². The van der Waals surface area contributed by atoms with E-state index in [9.17, 15) is 14.4 Å². The maximum absolute atomic E-state index is 13.1. The SMILES string of the molecule is NC(=O)C(=O)c1c(C2CC2)c(Cc2ccccc2-c2ccccc2)n2cccc(OCC(=O)O)c12. The zero-order valence-corrected chi connectivity index (χ0v) is 18.9. The third-order valence-electron chi connectivity index (χ3n) is 6.31. The predicted molar refractivity (Wildman–Crippen MR) is 131 cm³/mol. The van der Waals surface area contributed by atoms with Gasteiger partial charge in [-0.3, -0.25) is 9.59 Å². The summed E-state index contributed by atoms with van der Waals surface area (Å²) in [6, 6.07) is 21.5. The van der Waals surface area contributed by atoms with E-state index in [0.717, 1.165) is 40.8 Å².